The molecule has 112 valence electrons. The summed E-state index contributed by atoms with van der Waals surface area (Å²) >= 11 is 0. The summed E-state index contributed by atoms with van der Waals surface area (Å²) in [4.78, 5) is 13.8. The first-order valence-corrected chi connectivity index (χ1v) is 8.23. The number of nitrogens with one attached hydrogen (secondary N) is 2. The third kappa shape index (κ3) is 6.86. The molecule has 19 heavy (non-hydrogen) atoms. The van der Waals surface area contributed by atoms with Crippen LogP contribution in [0.15, 0.2) is 0 Å². The molecule has 0 aromatic rings. The van der Waals surface area contributed by atoms with E-state index in [0.29, 0.717) is 26.1 Å². The Hall–Kier alpha value is -0.700. The Morgan fingerprint density at radius 1 is 1.47 bits per heavy atom. The quantitative estimate of drug-likeness (QED) is 0.524. The van der Waals surface area contributed by atoms with E-state index >= 15 is 0 Å². The van der Waals surface area contributed by atoms with Gasteiger partial charge in [0.25, 0.3) is 10.2 Å². The molecule has 0 aliphatic carbocycles. The first kappa shape index (κ1) is 16.4. The van der Waals surface area contributed by atoms with Crippen molar-refractivity contribution in [1.82, 2.24) is 14.9 Å². The second-order valence-corrected chi connectivity index (χ2v) is 6.22. The number of hydrogen-bond acceptors (Lipinski definition) is 4. The van der Waals surface area contributed by atoms with Crippen molar-refractivity contribution in [3.05, 3.63) is 0 Å². The van der Waals surface area contributed by atoms with Crippen molar-refractivity contribution >= 4 is 16.1 Å². The van der Waals surface area contributed by atoms with Crippen LogP contribution < -0.4 is 15.2 Å². The number of nitrogens with two attached hydrogens (primary N) is 1. The fourth-order valence-electron chi connectivity index (χ4n) is 2.22. The molecule has 1 amide bonds. The van der Waals surface area contributed by atoms with Crippen molar-refractivity contribution in [2.75, 3.05) is 32.7 Å². The predicted octanol–water partition coefficient (Wildman–Crippen LogP) is -0.982. The molecule has 0 aromatic heterocycles. The van der Waals surface area contributed by atoms with Gasteiger partial charge in [-0.05, 0) is 25.3 Å². The van der Waals surface area contributed by atoms with Crippen molar-refractivity contribution in [2.24, 2.45) is 11.1 Å². The number of hydrogen-bond donors (Lipinski definition) is 3. The van der Waals surface area contributed by atoms with Gasteiger partial charge in [0.15, 0.2) is 0 Å². The van der Waals surface area contributed by atoms with Gasteiger partial charge in [-0.3, -0.25) is 4.79 Å². The molecule has 0 spiro atoms. The van der Waals surface area contributed by atoms with E-state index in [4.69, 9.17) is 5.14 Å². The third-order valence-electron chi connectivity index (χ3n) is 3.21. The molecule has 1 saturated heterocycles. The zero-order chi connectivity index (χ0) is 14.3. The normalized spacial score (nSPS) is 20.5. The van der Waals surface area contributed by atoms with Gasteiger partial charge >= 0.3 is 0 Å². The molecule has 1 rings (SSSR count). The van der Waals surface area contributed by atoms with Crippen LogP contribution in [0, 0.1) is 5.92 Å². The smallest absolute Gasteiger partial charge is 0.274 e. The minimum absolute atomic E-state index is 0.126. The molecule has 1 unspecified atom stereocenters. The van der Waals surface area contributed by atoms with Crippen LogP contribution in [0.1, 0.15) is 26.2 Å². The Morgan fingerprint density at radius 2 is 2.21 bits per heavy atom. The lowest BCUT2D eigenvalue weighted by Gasteiger charge is -2.32. The Morgan fingerprint density at radius 3 is 2.84 bits per heavy atom. The number of carbonyl (C=O) groups is 1. The molecule has 1 aliphatic heterocycles. The van der Waals surface area contributed by atoms with E-state index in [1.807, 2.05) is 11.8 Å². The van der Waals surface area contributed by atoms with Gasteiger partial charge in [-0.1, -0.05) is 6.92 Å². The second-order valence-electron chi connectivity index (χ2n) is 4.85. The van der Waals surface area contributed by atoms with Gasteiger partial charge in [0.2, 0.25) is 5.91 Å². The van der Waals surface area contributed by atoms with Gasteiger partial charge in [0.05, 0.1) is 0 Å². The fraction of sp³-hybridized carbons (Fsp3) is 0.909. The zero-order valence-electron chi connectivity index (χ0n) is 11.4. The molecule has 7 nitrogen and oxygen atoms in total. The van der Waals surface area contributed by atoms with Crippen LogP contribution in [0.3, 0.4) is 0 Å². The maximum atomic E-state index is 11.9. The van der Waals surface area contributed by atoms with Crippen molar-refractivity contribution in [1.29, 1.82) is 0 Å². The Balaban J connectivity index is 2.34. The SMILES string of the molecule is CCNCCC(=O)N1CCCC(CNS(N)(=O)=O)C1. The average molecular weight is 292 g/mol. The minimum Gasteiger partial charge on any atom is -0.342 e. The highest BCUT2D eigenvalue weighted by Gasteiger charge is 2.23. The van der Waals surface area contributed by atoms with E-state index < -0.39 is 10.2 Å². The Kier molecular flexibility index (Phi) is 6.70. The summed E-state index contributed by atoms with van der Waals surface area (Å²) in [6.07, 6.45) is 2.31. The topological polar surface area (TPSA) is 105 Å². The van der Waals surface area contributed by atoms with E-state index in [9.17, 15) is 13.2 Å². The zero-order valence-corrected chi connectivity index (χ0v) is 12.2. The lowest BCUT2D eigenvalue weighted by atomic mass is 9.98. The van der Waals surface area contributed by atoms with Gasteiger partial charge in [-0.15, -0.1) is 0 Å². The molecule has 0 saturated carbocycles. The molecule has 1 atom stereocenters. The molecular formula is C11H24N4O3S. The number of piperidine rings is 1. The molecule has 0 radical (unpaired) electrons. The highest BCUT2D eigenvalue weighted by Crippen LogP contribution is 2.16. The molecule has 8 heteroatoms. The summed E-state index contributed by atoms with van der Waals surface area (Å²) in [5.74, 6) is 0.274. The summed E-state index contributed by atoms with van der Waals surface area (Å²) in [6.45, 7) is 5.21. The van der Waals surface area contributed by atoms with Gasteiger partial charge in [-0.25, -0.2) is 9.86 Å². The van der Waals surface area contributed by atoms with Crippen LogP contribution in [0.25, 0.3) is 0 Å². The molecule has 1 heterocycles. The van der Waals surface area contributed by atoms with E-state index in [1.165, 1.54) is 0 Å². The van der Waals surface area contributed by atoms with Crippen LogP contribution in [0.2, 0.25) is 0 Å². The molecule has 4 N–H and O–H groups in total. The maximum absolute atomic E-state index is 11.9. The maximum Gasteiger partial charge on any atom is 0.274 e. The molecule has 0 aromatic carbocycles. The van der Waals surface area contributed by atoms with Crippen LogP contribution >= 0.6 is 0 Å². The lowest BCUT2D eigenvalue weighted by Crippen LogP contribution is -2.45. The highest BCUT2D eigenvalue weighted by molar-refractivity contribution is 7.87. The first-order chi connectivity index (χ1) is 8.92. The van der Waals surface area contributed by atoms with Crippen molar-refractivity contribution < 1.29 is 13.2 Å². The van der Waals surface area contributed by atoms with Crippen LogP contribution in [-0.2, 0) is 15.0 Å². The number of likely N-dealkylation sites (tertiary alicyclic amines) is 1. The van der Waals surface area contributed by atoms with Crippen LogP contribution in [0.4, 0.5) is 0 Å². The average Bonchev–Trinajstić information content (AvgIpc) is 2.36. The summed E-state index contributed by atoms with van der Waals surface area (Å²) < 4.78 is 24.0. The van der Waals surface area contributed by atoms with Crippen molar-refractivity contribution in [3.63, 3.8) is 0 Å². The Bertz CT molecular complexity index is 385. The van der Waals surface area contributed by atoms with Gasteiger partial charge in [0, 0.05) is 32.6 Å². The van der Waals surface area contributed by atoms with Gasteiger partial charge < -0.3 is 10.2 Å². The summed E-state index contributed by atoms with van der Waals surface area (Å²) in [5.41, 5.74) is 0. The predicted molar refractivity (Wildman–Crippen MR) is 73.6 cm³/mol. The molecular weight excluding hydrogens is 268 g/mol. The first-order valence-electron chi connectivity index (χ1n) is 6.68. The van der Waals surface area contributed by atoms with Crippen LogP contribution in [0.5, 0.6) is 0 Å². The Labute approximate surface area is 115 Å². The van der Waals surface area contributed by atoms with Crippen LogP contribution in [-0.4, -0.2) is 51.9 Å². The molecule has 0 bridgehead atoms. The largest absolute Gasteiger partial charge is 0.342 e. The van der Waals surface area contributed by atoms with Gasteiger partial charge in [-0.2, -0.15) is 8.42 Å². The summed E-state index contributed by atoms with van der Waals surface area (Å²) in [5, 5.41) is 8.02. The number of rotatable bonds is 7. The molecule has 1 fully saturated rings. The van der Waals surface area contributed by atoms with E-state index in [1.54, 1.807) is 0 Å². The number of amides is 1. The van der Waals surface area contributed by atoms with Crippen molar-refractivity contribution in [3.8, 4) is 0 Å². The van der Waals surface area contributed by atoms with Gasteiger partial charge in [0.1, 0.15) is 0 Å². The lowest BCUT2D eigenvalue weighted by molar-refractivity contribution is -0.132. The standard InChI is InChI=1S/C11H24N4O3S/c1-2-13-6-5-11(16)15-7-3-4-10(9-15)8-14-19(12,17)18/h10,13-14H,2-9H2,1H3,(H2,12,17,18). The second kappa shape index (κ2) is 7.78. The minimum atomic E-state index is -3.64. The van der Waals surface area contributed by atoms with Crippen molar-refractivity contribution in [2.45, 2.75) is 26.2 Å². The summed E-state index contributed by atoms with van der Waals surface area (Å²) in [6, 6.07) is 0. The number of carbonyl (C=O) groups excluding carboxylic acids is 1. The fourth-order valence-corrected chi connectivity index (χ4v) is 2.69. The number of nitrogens with zero attached hydrogens (tertiary/aromatic N) is 1. The third-order valence-corrected chi connectivity index (χ3v) is 3.78. The highest BCUT2D eigenvalue weighted by atomic mass is 32.2. The van der Waals surface area contributed by atoms with E-state index in [0.717, 1.165) is 25.9 Å². The van der Waals surface area contributed by atoms with E-state index in [-0.39, 0.29) is 11.8 Å². The summed E-state index contributed by atoms with van der Waals surface area (Å²) in [7, 11) is -3.64. The molecule has 1 aliphatic rings. The monoisotopic (exact) mass is 292 g/mol. The van der Waals surface area contributed by atoms with E-state index in [2.05, 4.69) is 10.0 Å².